The number of carbonyl (C=O) groups is 2. The standard InChI is InChI=1S/C20H22N2O2/c1-15-8-6-7-11-18(15)22-14-17(12-19(22)23)20(24)21(2)13-16-9-4-3-5-10-16/h3-11,17H,12-14H2,1-2H3. The number of benzene rings is 2. The molecular formula is C20H22N2O2. The molecule has 1 aliphatic rings. The largest absolute Gasteiger partial charge is 0.341 e. The Kier molecular flexibility index (Phi) is 4.65. The fraction of sp³-hybridized carbons (Fsp3) is 0.300. The van der Waals surface area contributed by atoms with Crippen molar-refractivity contribution in [3.63, 3.8) is 0 Å². The van der Waals surface area contributed by atoms with Gasteiger partial charge >= 0.3 is 0 Å². The minimum Gasteiger partial charge on any atom is -0.341 e. The van der Waals surface area contributed by atoms with Crippen molar-refractivity contribution < 1.29 is 9.59 Å². The Hall–Kier alpha value is -2.62. The maximum absolute atomic E-state index is 12.7. The number of hydrogen-bond acceptors (Lipinski definition) is 2. The molecule has 1 heterocycles. The summed E-state index contributed by atoms with van der Waals surface area (Å²) in [6.07, 6.45) is 0.284. The quantitative estimate of drug-likeness (QED) is 0.868. The van der Waals surface area contributed by atoms with Crippen LogP contribution in [0.25, 0.3) is 0 Å². The number of hydrogen-bond donors (Lipinski definition) is 0. The second-order valence-electron chi connectivity index (χ2n) is 6.37. The van der Waals surface area contributed by atoms with Crippen molar-refractivity contribution in [2.45, 2.75) is 19.9 Å². The van der Waals surface area contributed by atoms with Crippen LogP contribution in [0.3, 0.4) is 0 Å². The summed E-state index contributed by atoms with van der Waals surface area (Å²) in [5.74, 6) is -0.218. The molecule has 0 N–H and O–H groups in total. The summed E-state index contributed by atoms with van der Waals surface area (Å²) in [4.78, 5) is 28.5. The molecule has 4 heteroatoms. The SMILES string of the molecule is Cc1ccccc1N1CC(C(=O)N(C)Cc2ccccc2)CC1=O. The zero-order valence-electron chi connectivity index (χ0n) is 14.1. The van der Waals surface area contributed by atoms with E-state index in [9.17, 15) is 9.59 Å². The summed E-state index contributed by atoms with van der Waals surface area (Å²) >= 11 is 0. The molecule has 0 aliphatic carbocycles. The molecular weight excluding hydrogens is 300 g/mol. The first-order valence-corrected chi connectivity index (χ1v) is 8.21. The van der Waals surface area contributed by atoms with Crippen molar-refractivity contribution >= 4 is 17.5 Å². The fourth-order valence-electron chi connectivity index (χ4n) is 3.22. The highest BCUT2D eigenvalue weighted by atomic mass is 16.2. The van der Waals surface area contributed by atoms with Crippen LogP contribution < -0.4 is 4.90 Å². The van der Waals surface area contributed by atoms with Gasteiger partial charge in [-0.3, -0.25) is 9.59 Å². The fourth-order valence-corrected chi connectivity index (χ4v) is 3.22. The molecule has 1 unspecified atom stereocenters. The van der Waals surface area contributed by atoms with Gasteiger partial charge in [-0.2, -0.15) is 0 Å². The minimum atomic E-state index is -0.272. The molecule has 24 heavy (non-hydrogen) atoms. The Morgan fingerprint density at radius 3 is 2.50 bits per heavy atom. The summed E-state index contributed by atoms with van der Waals surface area (Å²) in [6, 6.07) is 17.7. The number of amides is 2. The normalized spacial score (nSPS) is 17.2. The second kappa shape index (κ2) is 6.87. The molecule has 1 aliphatic heterocycles. The van der Waals surface area contributed by atoms with E-state index in [1.807, 2.05) is 61.5 Å². The van der Waals surface area contributed by atoms with Crippen LogP contribution in [0.2, 0.25) is 0 Å². The van der Waals surface area contributed by atoms with Gasteiger partial charge in [0.15, 0.2) is 0 Å². The second-order valence-corrected chi connectivity index (χ2v) is 6.37. The molecule has 1 atom stereocenters. The number of carbonyl (C=O) groups excluding carboxylic acids is 2. The molecule has 3 rings (SSSR count). The van der Waals surface area contributed by atoms with Gasteiger partial charge in [-0.05, 0) is 24.1 Å². The number of rotatable bonds is 4. The lowest BCUT2D eigenvalue weighted by Gasteiger charge is -2.22. The van der Waals surface area contributed by atoms with Crippen molar-refractivity contribution in [1.29, 1.82) is 0 Å². The van der Waals surface area contributed by atoms with Crippen LogP contribution in [0.15, 0.2) is 54.6 Å². The molecule has 1 saturated heterocycles. The Morgan fingerprint density at radius 1 is 1.12 bits per heavy atom. The zero-order chi connectivity index (χ0) is 17.1. The molecule has 2 amide bonds. The van der Waals surface area contributed by atoms with Crippen LogP contribution >= 0.6 is 0 Å². The van der Waals surface area contributed by atoms with E-state index in [-0.39, 0.29) is 24.2 Å². The average Bonchev–Trinajstić information content (AvgIpc) is 2.97. The summed E-state index contributed by atoms with van der Waals surface area (Å²) < 4.78 is 0. The number of para-hydroxylation sites is 1. The third-order valence-electron chi connectivity index (χ3n) is 4.52. The van der Waals surface area contributed by atoms with Gasteiger partial charge in [-0.1, -0.05) is 48.5 Å². The van der Waals surface area contributed by atoms with Gasteiger partial charge in [-0.15, -0.1) is 0 Å². The summed E-state index contributed by atoms with van der Waals surface area (Å²) in [5.41, 5.74) is 3.05. The van der Waals surface area contributed by atoms with Gasteiger partial charge in [-0.25, -0.2) is 0 Å². The van der Waals surface area contributed by atoms with Crippen LogP contribution in [-0.4, -0.2) is 30.3 Å². The average molecular weight is 322 g/mol. The van der Waals surface area contributed by atoms with E-state index in [1.54, 1.807) is 16.8 Å². The van der Waals surface area contributed by atoms with E-state index in [1.165, 1.54) is 0 Å². The first-order valence-electron chi connectivity index (χ1n) is 8.21. The summed E-state index contributed by atoms with van der Waals surface area (Å²) in [6.45, 7) is 3.01. The van der Waals surface area contributed by atoms with Crippen molar-refractivity contribution in [2.75, 3.05) is 18.5 Å². The van der Waals surface area contributed by atoms with Gasteiger partial charge < -0.3 is 9.80 Å². The molecule has 2 aromatic carbocycles. The van der Waals surface area contributed by atoms with Crippen molar-refractivity contribution in [2.24, 2.45) is 5.92 Å². The van der Waals surface area contributed by atoms with Crippen LogP contribution in [0, 0.1) is 12.8 Å². The van der Waals surface area contributed by atoms with Gasteiger partial charge in [0.25, 0.3) is 0 Å². The summed E-state index contributed by atoms with van der Waals surface area (Å²) in [5, 5.41) is 0. The lowest BCUT2D eigenvalue weighted by Crippen LogP contribution is -2.34. The van der Waals surface area contributed by atoms with Gasteiger partial charge in [0.1, 0.15) is 0 Å². The predicted octanol–water partition coefficient (Wildman–Crippen LogP) is 3.01. The maximum atomic E-state index is 12.7. The smallest absolute Gasteiger partial charge is 0.228 e. The van der Waals surface area contributed by atoms with Gasteiger partial charge in [0.2, 0.25) is 11.8 Å². The third kappa shape index (κ3) is 3.32. The van der Waals surface area contributed by atoms with E-state index in [0.29, 0.717) is 13.1 Å². The Balaban J connectivity index is 1.69. The summed E-state index contributed by atoms with van der Waals surface area (Å²) in [7, 11) is 1.80. The van der Waals surface area contributed by atoms with Crippen LogP contribution in [0.5, 0.6) is 0 Å². The Bertz CT molecular complexity index is 742. The molecule has 0 aromatic heterocycles. The molecule has 0 saturated carbocycles. The minimum absolute atomic E-state index is 0.0239. The first kappa shape index (κ1) is 16.2. The molecule has 0 radical (unpaired) electrons. The van der Waals surface area contributed by atoms with Crippen LogP contribution in [0.1, 0.15) is 17.5 Å². The molecule has 0 bridgehead atoms. The van der Waals surface area contributed by atoms with Crippen molar-refractivity contribution in [3.8, 4) is 0 Å². The van der Waals surface area contributed by atoms with E-state index >= 15 is 0 Å². The highest BCUT2D eigenvalue weighted by molar-refractivity contribution is 6.00. The zero-order valence-corrected chi connectivity index (χ0v) is 14.1. The van der Waals surface area contributed by atoms with Crippen LogP contribution in [-0.2, 0) is 16.1 Å². The molecule has 124 valence electrons. The van der Waals surface area contributed by atoms with E-state index in [4.69, 9.17) is 0 Å². The number of nitrogens with zero attached hydrogens (tertiary/aromatic N) is 2. The lowest BCUT2D eigenvalue weighted by molar-refractivity contribution is -0.135. The Labute approximate surface area is 142 Å². The predicted molar refractivity (Wildman–Crippen MR) is 94.6 cm³/mol. The first-order chi connectivity index (χ1) is 11.6. The number of anilines is 1. The van der Waals surface area contributed by atoms with Crippen LogP contribution in [0.4, 0.5) is 5.69 Å². The third-order valence-corrected chi connectivity index (χ3v) is 4.52. The van der Waals surface area contributed by atoms with Gasteiger partial charge in [0.05, 0.1) is 5.92 Å². The molecule has 2 aromatic rings. The molecule has 0 spiro atoms. The van der Waals surface area contributed by atoms with Crippen molar-refractivity contribution in [3.05, 3.63) is 65.7 Å². The highest BCUT2D eigenvalue weighted by Gasteiger charge is 2.36. The topological polar surface area (TPSA) is 40.6 Å². The monoisotopic (exact) mass is 322 g/mol. The van der Waals surface area contributed by atoms with E-state index in [2.05, 4.69) is 0 Å². The lowest BCUT2D eigenvalue weighted by atomic mass is 10.1. The number of aryl methyl sites for hydroxylation is 1. The molecule has 4 nitrogen and oxygen atoms in total. The van der Waals surface area contributed by atoms with E-state index < -0.39 is 0 Å². The van der Waals surface area contributed by atoms with Crippen molar-refractivity contribution in [1.82, 2.24) is 4.90 Å². The van der Waals surface area contributed by atoms with Gasteiger partial charge in [0, 0.05) is 32.2 Å². The highest BCUT2D eigenvalue weighted by Crippen LogP contribution is 2.28. The van der Waals surface area contributed by atoms with E-state index in [0.717, 1.165) is 16.8 Å². The molecule has 1 fully saturated rings. The maximum Gasteiger partial charge on any atom is 0.228 e. The Morgan fingerprint density at radius 2 is 1.79 bits per heavy atom.